The Hall–Kier alpha value is -4.14. The molecule has 182 valence electrons. The van der Waals surface area contributed by atoms with E-state index in [2.05, 4.69) is 15.5 Å². The summed E-state index contributed by atoms with van der Waals surface area (Å²) >= 11 is 0. The Morgan fingerprint density at radius 1 is 1.09 bits per heavy atom. The lowest BCUT2D eigenvalue weighted by Gasteiger charge is -2.12. The summed E-state index contributed by atoms with van der Waals surface area (Å²) in [5, 5.41) is 11.3. The SMILES string of the molecule is CCOc1ccc(-n2ccn3c(C[C@H](C)CC(=O)NCc4cccc(OC)c4)nnc3c2=O)cc1. The fraction of sp³-hybridized carbons (Fsp3) is 0.308. The van der Waals surface area contributed by atoms with Crippen LogP contribution in [0.15, 0.2) is 65.7 Å². The van der Waals surface area contributed by atoms with Crippen molar-refractivity contribution in [1.29, 1.82) is 0 Å². The molecular weight excluding hydrogens is 446 g/mol. The average molecular weight is 476 g/mol. The van der Waals surface area contributed by atoms with Gasteiger partial charge < -0.3 is 14.8 Å². The number of methoxy groups -OCH3 is 1. The molecule has 1 atom stereocenters. The number of hydrogen-bond acceptors (Lipinski definition) is 6. The van der Waals surface area contributed by atoms with Crippen molar-refractivity contribution in [3.63, 3.8) is 0 Å². The van der Waals surface area contributed by atoms with Crippen molar-refractivity contribution in [2.45, 2.75) is 33.2 Å². The monoisotopic (exact) mass is 475 g/mol. The molecule has 0 saturated carbocycles. The molecule has 0 aliphatic carbocycles. The van der Waals surface area contributed by atoms with E-state index in [4.69, 9.17) is 9.47 Å². The first-order valence-electron chi connectivity index (χ1n) is 11.6. The predicted octanol–water partition coefficient (Wildman–Crippen LogP) is 3.17. The number of nitrogens with zero attached hydrogens (tertiary/aromatic N) is 4. The summed E-state index contributed by atoms with van der Waals surface area (Å²) in [7, 11) is 1.61. The first-order chi connectivity index (χ1) is 17.0. The van der Waals surface area contributed by atoms with Gasteiger partial charge in [0.2, 0.25) is 11.6 Å². The van der Waals surface area contributed by atoms with E-state index in [1.54, 1.807) is 23.9 Å². The van der Waals surface area contributed by atoms with Crippen LogP contribution in [0.3, 0.4) is 0 Å². The van der Waals surface area contributed by atoms with Gasteiger partial charge in [-0.15, -0.1) is 10.2 Å². The van der Waals surface area contributed by atoms with E-state index >= 15 is 0 Å². The number of nitrogens with one attached hydrogen (secondary N) is 1. The third-order valence-corrected chi connectivity index (χ3v) is 5.66. The quantitative estimate of drug-likeness (QED) is 0.378. The molecule has 0 radical (unpaired) electrons. The lowest BCUT2D eigenvalue weighted by molar-refractivity contribution is -0.122. The zero-order valence-electron chi connectivity index (χ0n) is 20.1. The first-order valence-corrected chi connectivity index (χ1v) is 11.6. The molecule has 0 saturated heterocycles. The van der Waals surface area contributed by atoms with Gasteiger partial charge in [0.05, 0.1) is 13.7 Å². The molecule has 0 spiro atoms. The van der Waals surface area contributed by atoms with Crippen molar-refractivity contribution >= 4 is 11.6 Å². The van der Waals surface area contributed by atoms with Crippen LogP contribution in [-0.4, -0.2) is 38.8 Å². The zero-order chi connectivity index (χ0) is 24.8. The third-order valence-electron chi connectivity index (χ3n) is 5.66. The number of hydrogen-bond donors (Lipinski definition) is 1. The van der Waals surface area contributed by atoms with Gasteiger partial charge in [-0.2, -0.15) is 0 Å². The van der Waals surface area contributed by atoms with Crippen LogP contribution >= 0.6 is 0 Å². The van der Waals surface area contributed by atoms with Crippen molar-refractivity contribution in [1.82, 2.24) is 24.5 Å². The van der Waals surface area contributed by atoms with Crippen LogP contribution in [0.25, 0.3) is 11.3 Å². The van der Waals surface area contributed by atoms with Gasteiger partial charge in [0.15, 0.2) is 0 Å². The number of aromatic nitrogens is 4. The van der Waals surface area contributed by atoms with Crippen molar-refractivity contribution < 1.29 is 14.3 Å². The number of benzene rings is 2. The van der Waals surface area contributed by atoms with Gasteiger partial charge in [0, 0.05) is 37.5 Å². The second-order valence-electron chi connectivity index (χ2n) is 8.35. The van der Waals surface area contributed by atoms with E-state index in [9.17, 15) is 9.59 Å². The maximum atomic E-state index is 13.0. The van der Waals surface area contributed by atoms with Crippen molar-refractivity contribution in [2.75, 3.05) is 13.7 Å². The molecule has 0 aliphatic heterocycles. The second-order valence-corrected chi connectivity index (χ2v) is 8.35. The molecular formula is C26H29N5O4. The van der Waals surface area contributed by atoms with E-state index in [1.165, 1.54) is 4.57 Å². The first kappa shape index (κ1) is 24.0. The van der Waals surface area contributed by atoms with Crippen LogP contribution in [0, 0.1) is 5.92 Å². The molecule has 2 aromatic heterocycles. The van der Waals surface area contributed by atoms with Gasteiger partial charge in [0.25, 0.3) is 0 Å². The lowest BCUT2D eigenvalue weighted by atomic mass is 10.0. The molecule has 0 unspecified atom stereocenters. The molecule has 9 nitrogen and oxygen atoms in total. The summed E-state index contributed by atoms with van der Waals surface area (Å²) in [4.78, 5) is 25.5. The minimum Gasteiger partial charge on any atom is -0.497 e. The number of amides is 1. The molecule has 2 aromatic carbocycles. The smallest absolute Gasteiger partial charge is 0.300 e. The number of carbonyl (C=O) groups is 1. The van der Waals surface area contributed by atoms with E-state index in [-0.39, 0.29) is 23.0 Å². The summed E-state index contributed by atoms with van der Waals surface area (Å²) in [5.41, 5.74) is 1.66. The van der Waals surface area contributed by atoms with Crippen LogP contribution in [0.2, 0.25) is 0 Å². The second kappa shape index (κ2) is 10.9. The summed E-state index contributed by atoms with van der Waals surface area (Å²) < 4.78 is 13.9. The number of ether oxygens (including phenoxy) is 2. The minimum absolute atomic E-state index is 0.0150. The van der Waals surface area contributed by atoms with Crippen molar-refractivity contribution in [3.05, 3.63) is 82.7 Å². The zero-order valence-corrected chi connectivity index (χ0v) is 20.1. The van der Waals surface area contributed by atoms with E-state index < -0.39 is 0 Å². The van der Waals surface area contributed by atoms with Gasteiger partial charge in [-0.05, 0) is 54.8 Å². The fourth-order valence-electron chi connectivity index (χ4n) is 3.90. The Bertz CT molecular complexity index is 1360. The van der Waals surface area contributed by atoms with Gasteiger partial charge in [0.1, 0.15) is 17.3 Å². The van der Waals surface area contributed by atoms with Crippen LogP contribution in [0.5, 0.6) is 11.5 Å². The highest BCUT2D eigenvalue weighted by molar-refractivity contribution is 5.76. The maximum Gasteiger partial charge on any atom is 0.300 e. The average Bonchev–Trinajstić information content (AvgIpc) is 3.27. The van der Waals surface area contributed by atoms with E-state index in [0.717, 1.165) is 17.1 Å². The van der Waals surface area contributed by atoms with Gasteiger partial charge in [-0.3, -0.25) is 18.6 Å². The van der Waals surface area contributed by atoms with E-state index in [0.29, 0.717) is 37.5 Å². The van der Waals surface area contributed by atoms with Crippen LogP contribution in [-0.2, 0) is 17.8 Å². The largest absolute Gasteiger partial charge is 0.497 e. The summed E-state index contributed by atoms with van der Waals surface area (Å²) in [6, 6.07) is 14.9. The van der Waals surface area contributed by atoms with Crippen LogP contribution in [0.1, 0.15) is 31.7 Å². The Morgan fingerprint density at radius 2 is 1.89 bits per heavy atom. The molecule has 35 heavy (non-hydrogen) atoms. The Balaban J connectivity index is 1.40. The topological polar surface area (TPSA) is 99.8 Å². The molecule has 0 aliphatic rings. The number of rotatable bonds is 10. The van der Waals surface area contributed by atoms with E-state index in [1.807, 2.05) is 62.4 Å². The Kier molecular flexibility index (Phi) is 7.45. The minimum atomic E-state index is -0.265. The molecule has 0 bridgehead atoms. The summed E-state index contributed by atoms with van der Waals surface area (Å²) in [6.07, 6.45) is 4.32. The van der Waals surface area contributed by atoms with Crippen LogP contribution in [0.4, 0.5) is 0 Å². The number of carbonyl (C=O) groups excluding carboxylic acids is 1. The van der Waals surface area contributed by atoms with Gasteiger partial charge in [-0.25, -0.2) is 0 Å². The van der Waals surface area contributed by atoms with Crippen molar-refractivity contribution in [3.8, 4) is 17.2 Å². The normalized spacial score (nSPS) is 11.9. The highest BCUT2D eigenvalue weighted by Crippen LogP contribution is 2.16. The molecule has 2 heterocycles. The maximum absolute atomic E-state index is 13.0. The molecule has 0 fully saturated rings. The fourth-order valence-corrected chi connectivity index (χ4v) is 3.90. The highest BCUT2D eigenvalue weighted by atomic mass is 16.5. The molecule has 9 heteroatoms. The van der Waals surface area contributed by atoms with Crippen LogP contribution < -0.4 is 20.3 Å². The van der Waals surface area contributed by atoms with Gasteiger partial charge >= 0.3 is 5.56 Å². The molecule has 4 rings (SSSR count). The standard InChI is InChI=1S/C26H29N5O4/c1-4-35-21-10-8-20(9-11-21)30-12-13-31-23(28-29-25(31)26(30)33)14-18(2)15-24(32)27-17-19-6-5-7-22(16-19)34-3/h5-13,16,18H,4,14-15,17H2,1-3H3,(H,27,32)/t18-/m0/s1. The highest BCUT2D eigenvalue weighted by Gasteiger charge is 2.16. The summed E-state index contributed by atoms with van der Waals surface area (Å²) in [6.45, 7) is 4.91. The molecule has 1 N–H and O–H groups in total. The van der Waals surface area contributed by atoms with Gasteiger partial charge in [-0.1, -0.05) is 19.1 Å². The lowest BCUT2D eigenvalue weighted by Crippen LogP contribution is -2.25. The number of fused-ring (bicyclic) bond motifs is 1. The van der Waals surface area contributed by atoms with Crippen molar-refractivity contribution in [2.24, 2.45) is 5.92 Å². The molecule has 1 amide bonds. The Morgan fingerprint density at radius 3 is 2.63 bits per heavy atom. The third kappa shape index (κ3) is 5.68. The Labute approximate surface area is 203 Å². The predicted molar refractivity (Wildman–Crippen MR) is 132 cm³/mol. The summed E-state index contributed by atoms with van der Waals surface area (Å²) in [5.74, 6) is 2.11. The molecule has 4 aromatic rings.